The molecule has 0 aromatic heterocycles. The fourth-order valence-electron chi connectivity index (χ4n) is 2.13. The minimum atomic E-state index is -4.15. The third kappa shape index (κ3) is 6.88. The molecule has 0 atom stereocenters. The molecule has 2 aromatic rings. The summed E-state index contributed by atoms with van der Waals surface area (Å²) in [6.45, 7) is 0.0956. The van der Waals surface area contributed by atoms with E-state index in [2.05, 4.69) is 15.4 Å². The van der Waals surface area contributed by atoms with Crippen LogP contribution >= 0.6 is 34.8 Å². The normalized spacial score (nSPS) is 10.9. The Kier molecular flexibility index (Phi) is 10.5. The molecule has 29 heavy (non-hydrogen) atoms. The summed E-state index contributed by atoms with van der Waals surface area (Å²) in [6.07, 6.45) is 0. The second-order valence-corrected chi connectivity index (χ2v) is 8.24. The van der Waals surface area contributed by atoms with Crippen LogP contribution in [0.15, 0.2) is 35.2 Å². The molecule has 0 spiro atoms. The number of anilines is 2. The van der Waals surface area contributed by atoms with Crippen molar-refractivity contribution in [2.45, 2.75) is 4.90 Å². The molecule has 0 aliphatic rings. The van der Waals surface area contributed by atoms with E-state index in [4.69, 9.17) is 39.5 Å². The second-order valence-electron chi connectivity index (χ2n) is 5.34. The molecule has 13 heteroatoms. The van der Waals surface area contributed by atoms with Gasteiger partial charge in [0.05, 0.1) is 33.0 Å². The van der Waals surface area contributed by atoms with Gasteiger partial charge in [-0.1, -0.05) is 40.9 Å². The fourth-order valence-corrected chi connectivity index (χ4v) is 4.12. The number of aromatic hydroxyl groups is 1. The van der Waals surface area contributed by atoms with Crippen LogP contribution < -0.4 is 15.4 Å². The summed E-state index contributed by atoms with van der Waals surface area (Å²) in [7, 11) is -2.73. The molecule has 0 bridgehead atoms. The zero-order valence-corrected chi connectivity index (χ0v) is 17.5. The van der Waals surface area contributed by atoms with E-state index in [-0.39, 0.29) is 69.2 Å². The number of halogens is 3. The first kappa shape index (κ1) is 26.3. The first-order valence-corrected chi connectivity index (χ1v) is 10.3. The molecule has 154 valence electrons. The molecule has 0 saturated carbocycles. The average molecular weight is 493 g/mol. The number of amides is 2. The van der Waals surface area contributed by atoms with Crippen LogP contribution in [0.3, 0.4) is 0 Å². The van der Waals surface area contributed by atoms with Crippen LogP contribution in [0.25, 0.3) is 0 Å². The van der Waals surface area contributed by atoms with Gasteiger partial charge in [-0.2, -0.15) is 0 Å². The van der Waals surface area contributed by atoms with Crippen LogP contribution in [-0.4, -0.2) is 69.4 Å². The predicted octanol–water partition coefficient (Wildman–Crippen LogP) is 3.27. The molecule has 8 nitrogen and oxygen atoms in total. The number of ether oxygens (including phenoxy) is 1. The predicted molar refractivity (Wildman–Crippen MR) is 116 cm³/mol. The number of sulfonamides is 1. The molecule has 0 saturated heterocycles. The molecule has 4 N–H and O–H groups in total. The monoisotopic (exact) mass is 491 g/mol. The Morgan fingerprint density at radius 2 is 1.72 bits per heavy atom. The molecule has 0 aliphatic heterocycles. The van der Waals surface area contributed by atoms with Gasteiger partial charge in [-0.05, 0) is 24.3 Å². The standard InChI is InChI=1S/C16H16Cl3N3O5S.Na.H/c1-27-8-7-20-28(25,26)15-10(18)5-6-12(14(15)23)22-16(24)21-11-4-2-3-9(17)13(11)19;;/h2-6,20,23H,7-8H2,1H3,(H2,21,22,24);;. The minimum absolute atomic E-state index is 0. The van der Waals surface area contributed by atoms with Crippen LogP contribution in [0.4, 0.5) is 16.2 Å². The summed E-state index contributed by atoms with van der Waals surface area (Å²) in [5.74, 6) is -0.718. The van der Waals surface area contributed by atoms with Gasteiger partial charge in [-0.3, -0.25) is 0 Å². The Labute approximate surface area is 205 Å². The number of phenols is 1. The number of carbonyl (C=O) groups excluding carboxylic acids is 1. The number of phenolic OH excluding ortho intramolecular Hbond substituents is 1. The molecule has 0 aliphatic carbocycles. The molecule has 0 heterocycles. The third-order valence-corrected chi connectivity index (χ3v) is 6.18. The van der Waals surface area contributed by atoms with Crippen LogP contribution in [0.5, 0.6) is 5.75 Å². The van der Waals surface area contributed by atoms with E-state index in [1.54, 1.807) is 12.1 Å². The fraction of sp³-hybridized carbons (Fsp3) is 0.188. The van der Waals surface area contributed by atoms with Crippen molar-refractivity contribution in [1.29, 1.82) is 0 Å². The van der Waals surface area contributed by atoms with E-state index < -0.39 is 26.7 Å². The van der Waals surface area contributed by atoms with E-state index in [0.717, 1.165) is 0 Å². The first-order chi connectivity index (χ1) is 13.2. The first-order valence-electron chi connectivity index (χ1n) is 7.69. The topological polar surface area (TPSA) is 117 Å². The van der Waals surface area contributed by atoms with Gasteiger partial charge in [0.15, 0.2) is 5.75 Å². The van der Waals surface area contributed by atoms with Gasteiger partial charge < -0.3 is 20.5 Å². The molecule has 0 fully saturated rings. The van der Waals surface area contributed by atoms with Crippen molar-refractivity contribution in [2.24, 2.45) is 0 Å². The number of nitrogens with one attached hydrogen (secondary N) is 3. The van der Waals surface area contributed by atoms with Crippen LogP contribution in [0.2, 0.25) is 15.1 Å². The van der Waals surface area contributed by atoms with Gasteiger partial charge in [-0.25, -0.2) is 17.9 Å². The van der Waals surface area contributed by atoms with E-state index in [1.165, 1.54) is 25.3 Å². The van der Waals surface area contributed by atoms with Crippen molar-refractivity contribution >= 4 is 91.8 Å². The Morgan fingerprint density at radius 1 is 1.07 bits per heavy atom. The molecule has 2 amide bonds. The van der Waals surface area contributed by atoms with E-state index >= 15 is 0 Å². The zero-order valence-electron chi connectivity index (χ0n) is 14.4. The average Bonchev–Trinajstić information content (AvgIpc) is 2.61. The Hall–Kier alpha value is -0.750. The van der Waals surface area contributed by atoms with Crippen LogP contribution in [0, 0.1) is 0 Å². The van der Waals surface area contributed by atoms with Gasteiger partial charge in [0.2, 0.25) is 10.0 Å². The zero-order chi connectivity index (χ0) is 20.9. The van der Waals surface area contributed by atoms with Gasteiger partial charge in [0.1, 0.15) is 4.90 Å². The summed E-state index contributed by atoms with van der Waals surface area (Å²) >= 11 is 17.8. The van der Waals surface area contributed by atoms with Gasteiger partial charge in [0, 0.05) is 13.7 Å². The van der Waals surface area contributed by atoms with Crippen molar-refractivity contribution in [3.05, 3.63) is 45.4 Å². The summed E-state index contributed by atoms with van der Waals surface area (Å²) < 4.78 is 31.8. The molecule has 0 unspecified atom stereocenters. The number of hydrogen-bond acceptors (Lipinski definition) is 5. The summed E-state index contributed by atoms with van der Waals surface area (Å²) in [4.78, 5) is 11.6. The third-order valence-electron chi connectivity index (χ3n) is 3.40. The van der Waals surface area contributed by atoms with E-state index in [0.29, 0.717) is 0 Å². The van der Waals surface area contributed by atoms with Crippen LogP contribution in [0.1, 0.15) is 0 Å². The van der Waals surface area contributed by atoms with Crippen molar-refractivity contribution < 1.29 is 23.1 Å². The van der Waals surface area contributed by atoms with E-state index in [1.807, 2.05) is 0 Å². The maximum atomic E-state index is 12.4. The number of benzene rings is 2. The van der Waals surface area contributed by atoms with Gasteiger partial charge in [-0.15, -0.1) is 0 Å². The van der Waals surface area contributed by atoms with Crippen LogP contribution in [-0.2, 0) is 14.8 Å². The molecule has 2 rings (SSSR count). The Balaban J connectivity index is 0.00000420. The molecular weight excluding hydrogens is 476 g/mol. The van der Waals surface area contributed by atoms with Crippen molar-refractivity contribution in [3.63, 3.8) is 0 Å². The summed E-state index contributed by atoms with van der Waals surface area (Å²) in [6, 6.07) is 6.35. The molecule has 2 aromatic carbocycles. The molecular formula is C16H17Cl3N3NaO5S. The quantitative estimate of drug-likeness (QED) is 0.269. The van der Waals surface area contributed by atoms with Crippen molar-refractivity contribution in [1.82, 2.24) is 4.72 Å². The Bertz CT molecular complexity index is 992. The van der Waals surface area contributed by atoms with Gasteiger partial charge in [0.25, 0.3) is 0 Å². The molecule has 0 radical (unpaired) electrons. The Morgan fingerprint density at radius 3 is 2.38 bits per heavy atom. The summed E-state index contributed by atoms with van der Waals surface area (Å²) in [5.41, 5.74) is 0.0568. The SMILES string of the molecule is COCCNS(=O)(=O)c1c(Cl)ccc(NC(=O)Nc2cccc(Cl)c2Cl)c1O.[NaH]. The number of carbonyl (C=O) groups is 1. The van der Waals surface area contributed by atoms with Gasteiger partial charge >= 0.3 is 35.6 Å². The summed E-state index contributed by atoms with van der Waals surface area (Å²) in [5, 5.41) is 15.3. The number of rotatable bonds is 7. The second kappa shape index (κ2) is 11.6. The number of urea groups is 1. The number of hydrogen-bond donors (Lipinski definition) is 4. The van der Waals surface area contributed by atoms with Crippen molar-refractivity contribution in [2.75, 3.05) is 30.9 Å². The van der Waals surface area contributed by atoms with E-state index in [9.17, 15) is 18.3 Å². The number of methoxy groups -OCH3 is 1. The van der Waals surface area contributed by atoms with Crippen molar-refractivity contribution in [3.8, 4) is 5.75 Å². The maximum absolute atomic E-state index is 12.4.